The molecule has 3 atom stereocenters. The lowest BCUT2D eigenvalue weighted by atomic mass is 9.88. The molecule has 0 saturated carbocycles. The number of hydrogen-bond donors (Lipinski definition) is 1. The lowest BCUT2D eigenvalue weighted by molar-refractivity contribution is 0.147. The van der Waals surface area contributed by atoms with Crippen molar-refractivity contribution < 1.29 is 5.11 Å². The summed E-state index contributed by atoms with van der Waals surface area (Å²) in [5, 5.41) is 11.7. The van der Waals surface area contributed by atoms with Crippen LogP contribution < -0.4 is 0 Å². The molecule has 2 aliphatic heterocycles. The fraction of sp³-hybridized carbons (Fsp3) is 0.750. The highest BCUT2D eigenvalue weighted by Gasteiger charge is 2.28. The first-order chi connectivity index (χ1) is 13.1. The van der Waals surface area contributed by atoms with Crippen molar-refractivity contribution in [3.63, 3.8) is 0 Å². The van der Waals surface area contributed by atoms with E-state index in [1.165, 1.54) is 63.5 Å². The predicted molar refractivity (Wildman–Crippen MR) is 123 cm³/mol. The van der Waals surface area contributed by atoms with Gasteiger partial charge in [0.25, 0.3) is 0 Å². The smallest absolute Gasteiger partial charge is 0.0482 e. The molecule has 2 saturated heterocycles. The summed E-state index contributed by atoms with van der Waals surface area (Å²) in [4.78, 5) is 0. The first-order valence-electron chi connectivity index (χ1n) is 11.1. The highest BCUT2D eigenvalue weighted by Crippen LogP contribution is 2.49. The number of rotatable bonds is 8. The van der Waals surface area contributed by atoms with Crippen molar-refractivity contribution in [2.24, 2.45) is 5.41 Å². The maximum atomic E-state index is 9.43. The summed E-state index contributed by atoms with van der Waals surface area (Å²) in [5.74, 6) is 1.34. The highest BCUT2D eigenvalue weighted by atomic mass is 32.2. The zero-order chi connectivity index (χ0) is 19.1. The van der Waals surface area contributed by atoms with E-state index in [2.05, 4.69) is 61.6 Å². The van der Waals surface area contributed by atoms with E-state index in [1.807, 2.05) is 0 Å². The van der Waals surface area contributed by atoms with Crippen molar-refractivity contribution in [2.45, 2.75) is 93.8 Å². The van der Waals surface area contributed by atoms with Crippen molar-refractivity contribution >= 4 is 23.5 Å². The second-order valence-corrected chi connectivity index (χ2v) is 12.0. The Morgan fingerprint density at radius 3 is 2.41 bits per heavy atom. The molecule has 0 aliphatic carbocycles. The summed E-state index contributed by atoms with van der Waals surface area (Å²) in [6.07, 6.45) is 13.4. The van der Waals surface area contributed by atoms with Gasteiger partial charge in [-0.2, -0.15) is 23.5 Å². The molecule has 0 bridgehead atoms. The van der Waals surface area contributed by atoms with Gasteiger partial charge in [0, 0.05) is 22.4 Å². The van der Waals surface area contributed by atoms with Crippen LogP contribution in [0.4, 0.5) is 0 Å². The zero-order valence-electron chi connectivity index (χ0n) is 17.3. The molecule has 3 heteroatoms. The molecule has 0 aromatic heterocycles. The summed E-state index contributed by atoms with van der Waals surface area (Å²) in [6.45, 7) is 4.67. The van der Waals surface area contributed by atoms with Gasteiger partial charge in [-0.15, -0.1) is 0 Å². The molecule has 2 fully saturated rings. The van der Waals surface area contributed by atoms with Gasteiger partial charge in [0.05, 0.1) is 0 Å². The first kappa shape index (κ1) is 21.6. The Balaban J connectivity index is 1.55. The quantitative estimate of drug-likeness (QED) is 0.450. The predicted octanol–water partition coefficient (Wildman–Crippen LogP) is 7.55. The van der Waals surface area contributed by atoms with E-state index in [0.29, 0.717) is 11.9 Å². The minimum Gasteiger partial charge on any atom is -0.396 e. The monoisotopic (exact) mass is 406 g/mol. The Morgan fingerprint density at radius 1 is 0.963 bits per heavy atom. The van der Waals surface area contributed by atoms with E-state index in [9.17, 15) is 5.11 Å². The van der Waals surface area contributed by atoms with Crippen LogP contribution in [0.25, 0.3) is 0 Å². The lowest BCUT2D eigenvalue weighted by Gasteiger charge is -2.32. The molecule has 27 heavy (non-hydrogen) atoms. The van der Waals surface area contributed by atoms with Crippen LogP contribution in [0.5, 0.6) is 0 Å². The highest BCUT2D eigenvalue weighted by molar-refractivity contribution is 8.00. The number of aliphatic hydroxyl groups is 1. The van der Waals surface area contributed by atoms with Crippen molar-refractivity contribution in [1.29, 1.82) is 0 Å². The number of unbranched alkanes of at least 4 members (excludes halogenated alkanes) is 1. The fourth-order valence-electron chi connectivity index (χ4n) is 4.48. The normalized spacial score (nSPS) is 26.9. The molecular weight excluding hydrogens is 368 g/mol. The Kier molecular flexibility index (Phi) is 8.47. The van der Waals surface area contributed by atoms with Crippen LogP contribution in [0.3, 0.4) is 0 Å². The molecule has 152 valence electrons. The summed E-state index contributed by atoms with van der Waals surface area (Å²) in [6, 6.07) is 9.35. The third kappa shape index (κ3) is 6.44. The van der Waals surface area contributed by atoms with Gasteiger partial charge >= 0.3 is 0 Å². The van der Waals surface area contributed by atoms with E-state index in [0.717, 1.165) is 16.9 Å². The Labute approximate surface area is 175 Å². The van der Waals surface area contributed by atoms with Crippen LogP contribution in [0.1, 0.15) is 99.7 Å². The van der Waals surface area contributed by atoms with Crippen molar-refractivity contribution in [1.82, 2.24) is 0 Å². The molecular formula is C24H38OS2. The third-order valence-electron chi connectivity index (χ3n) is 6.28. The van der Waals surface area contributed by atoms with E-state index in [1.54, 1.807) is 11.1 Å². The van der Waals surface area contributed by atoms with Gasteiger partial charge in [-0.25, -0.2) is 0 Å². The van der Waals surface area contributed by atoms with E-state index in [4.69, 9.17) is 0 Å². The van der Waals surface area contributed by atoms with Crippen LogP contribution in [0.15, 0.2) is 24.3 Å². The standard InChI is InChI=1S/C24H38OS2/c1-24(2,18-25)16-7-5-10-19-11-9-15-23(27-19)21-13-4-3-12-20(21)22-14-6-8-17-26-22/h3-4,12-13,19,22-23,25H,5-11,14-18H2,1-2H3. The molecule has 1 aromatic rings. The molecule has 1 aromatic carbocycles. The van der Waals surface area contributed by atoms with Crippen LogP contribution in [-0.4, -0.2) is 22.7 Å². The zero-order valence-corrected chi connectivity index (χ0v) is 18.9. The minimum absolute atomic E-state index is 0.0961. The SMILES string of the molecule is CC(C)(CO)CCCCC1CCCC(c2ccccc2C2CCCCS2)S1. The van der Waals surface area contributed by atoms with E-state index >= 15 is 0 Å². The Morgan fingerprint density at radius 2 is 1.70 bits per heavy atom. The van der Waals surface area contributed by atoms with Gasteiger partial charge in [-0.3, -0.25) is 0 Å². The molecule has 0 spiro atoms. The average molecular weight is 407 g/mol. The summed E-state index contributed by atoms with van der Waals surface area (Å²) >= 11 is 4.45. The van der Waals surface area contributed by atoms with Crippen LogP contribution >= 0.6 is 23.5 Å². The number of benzene rings is 1. The second kappa shape index (κ2) is 10.6. The number of thioether (sulfide) groups is 2. The van der Waals surface area contributed by atoms with Crippen LogP contribution in [-0.2, 0) is 0 Å². The van der Waals surface area contributed by atoms with Gasteiger partial charge < -0.3 is 5.11 Å². The molecule has 2 aliphatic rings. The van der Waals surface area contributed by atoms with Gasteiger partial charge in [0.2, 0.25) is 0 Å². The Bertz CT molecular complexity index is 565. The summed E-state index contributed by atoms with van der Waals surface area (Å²) in [7, 11) is 0. The second-order valence-electron chi connectivity index (χ2n) is 9.23. The topological polar surface area (TPSA) is 20.2 Å². The van der Waals surface area contributed by atoms with E-state index < -0.39 is 0 Å². The van der Waals surface area contributed by atoms with Crippen molar-refractivity contribution in [3.05, 3.63) is 35.4 Å². The number of hydrogen-bond acceptors (Lipinski definition) is 3. The molecule has 1 nitrogen and oxygen atoms in total. The summed E-state index contributed by atoms with van der Waals surface area (Å²) < 4.78 is 0. The van der Waals surface area contributed by atoms with Crippen LogP contribution in [0.2, 0.25) is 0 Å². The van der Waals surface area contributed by atoms with Crippen LogP contribution in [0, 0.1) is 5.41 Å². The maximum absolute atomic E-state index is 9.43. The van der Waals surface area contributed by atoms with Gasteiger partial charge in [0.1, 0.15) is 0 Å². The van der Waals surface area contributed by atoms with E-state index in [-0.39, 0.29) is 5.41 Å². The minimum atomic E-state index is 0.0961. The third-order valence-corrected chi connectivity index (χ3v) is 9.37. The molecule has 0 amide bonds. The van der Waals surface area contributed by atoms with Crippen molar-refractivity contribution in [2.75, 3.05) is 12.4 Å². The van der Waals surface area contributed by atoms with Crippen molar-refractivity contribution in [3.8, 4) is 0 Å². The lowest BCUT2D eigenvalue weighted by Crippen LogP contribution is -2.17. The Hall–Kier alpha value is -0.120. The van der Waals surface area contributed by atoms with Gasteiger partial charge in [0.15, 0.2) is 0 Å². The molecule has 3 rings (SSSR count). The number of aliphatic hydroxyl groups excluding tert-OH is 1. The fourth-order valence-corrected chi connectivity index (χ4v) is 7.60. The molecule has 2 heterocycles. The molecule has 0 radical (unpaired) electrons. The largest absolute Gasteiger partial charge is 0.396 e. The van der Waals surface area contributed by atoms with Gasteiger partial charge in [-0.05, 0) is 60.8 Å². The van der Waals surface area contributed by atoms with Gasteiger partial charge in [-0.1, -0.05) is 63.8 Å². The summed E-state index contributed by atoms with van der Waals surface area (Å²) in [5.41, 5.74) is 3.39. The maximum Gasteiger partial charge on any atom is 0.0482 e. The molecule has 3 unspecified atom stereocenters. The first-order valence-corrected chi connectivity index (χ1v) is 13.0. The molecule has 1 N–H and O–H groups in total. The average Bonchev–Trinajstić information content (AvgIpc) is 2.72.